The highest BCUT2D eigenvalue weighted by molar-refractivity contribution is 6.04. The maximum Gasteiger partial charge on any atom is 0.200 e. The molecule has 2 aliphatic rings. The first kappa shape index (κ1) is 46.9. The molecule has 3 aromatic rings. The summed E-state index contributed by atoms with van der Waals surface area (Å²) in [6.45, 7) is 25.5. The Hall–Kier alpha value is -4.23. The zero-order valence-corrected chi connectivity index (χ0v) is 36.1. The second-order valence-corrected chi connectivity index (χ2v) is 13.9. The minimum atomic E-state index is -0.0349. The molecular weight excluding hydrogens is 681 g/mol. The van der Waals surface area contributed by atoms with Crippen LogP contribution in [0.25, 0.3) is 22.1 Å². The second-order valence-electron chi connectivity index (χ2n) is 13.9. The van der Waals surface area contributed by atoms with E-state index in [1.165, 1.54) is 38.5 Å². The van der Waals surface area contributed by atoms with Gasteiger partial charge in [0.25, 0.3) is 0 Å². The second kappa shape index (κ2) is 25.8. The molecular formula is C48H72N4O3. The van der Waals surface area contributed by atoms with Gasteiger partial charge in [-0.3, -0.25) is 9.59 Å². The lowest BCUT2D eigenvalue weighted by Crippen LogP contribution is -2.43. The molecule has 0 spiro atoms. The summed E-state index contributed by atoms with van der Waals surface area (Å²) >= 11 is 0. The smallest absolute Gasteiger partial charge is 0.200 e. The summed E-state index contributed by atoms with van der Waals surface area (Å²) in [5, 5.41) is 7.36. The van der Waals surface area contributed by atoms with Gasteiger partial charge in [0.15, 0.2) is 17.1 Å². The van der Waals surface area contributed by atoms with Crippen molar-refractivity contribution in [2.75, 3.05) is 36.4 Å². The van der Waals surface area contributed by atoms with Crippen LogP contribution < -0.4 is 21.0 Å². The first-order valence-corrected chi connectivity index (χ1v) is 21.2. The number of piperazine rings is 1. The van der Waals surface area contributed by atoms with E-state index in [1.807, 2.05) is 123 Å². The predicted octanol–water partition coefficient (Wildman–Crippen LogP) is 12.5. The molecule has 2 N–H and O–H groups in total. The van der Waals surface area contributed by atoms with Crippen LogP contribution in [0.3, 0.4) is 0 Å². The average molecular weight is 753 g/mol. The molecule has 55 heavy (non-hydrogen) atoms. The summed E-state index contributed by atoms with van der Waals surface area (Å²) in [7, 11) is 0. The quantitative estimate of drug-likeness (QED) is 0.103. The molecule has 2 heterocycles. The first-order valence-electron chi connectivity index (χ1n) is 21.2. The van der Waals surface area contributed by atoms with Crippen LogP contribution in [-0.2, 0) is 4.79 Å². The number of carbonyl (C=O) groups excluding carboxylic acids is 1. The maximum absolute atomic E-state index is 13.0. The topological polar surface area (TPSA) is 86.9 Å². The highest BCUT2D eigenvalue weighted by atomic mass is 16.4. The molecule has 2 aromatic carbocycles. The largest absolute Gasteiger partial charge is 0.440 e. The van der Waals surface area contributed by atoms with Crippen molar-refractivity contribution < 1.29 is 9.21 Å². The molecule has 1 aliphatic heterocycles. The van der Waals surface area contributed by atoms with Crippen molar-refractivity contribution in [1.29, 1.82) is 0 Å². The average Bonchev–Trinajstić information content (AvgIpc) is 3.75. The molecule has 0 bridgehead atoms. The van der Waals surface area contributed by atoms with E-state index in [4.69, 9.17) is 9.41 Å². The van der Waals surface area contributed by atoms with Gasteiger partial charge in [-0.25, -0.2) is 4.99 Å². The number of ketones is 1. The Morgan fingerprint density at radius 1 is 1.00 bits per heavy atom. The predicted molar refractivity (Wildman–Crippen MR) is 240 cm³/mol. The fourth-order valence-corrected chi connectivity index (χ4v) is 6.86. The molecule has 1 atom stereocenters. The van der Waals surface area contributed by atoms with Crippen LogP contribution in [0.15, 0.2) is 97.9 Å². The summed E-state index contributed by atoms with van der Waals surface area (Å²) in [5.74, 6) is 2.64. The Bertz CT molecular complexity index is 1770. The molecule has 1 saturated carbocycles. The number of hydrogen-bond donors (Lipinski definition) is 2. The molecule has 1 aromatic heterocycles. The summed E-state index contributed by atoms with van der Waals surface area (Å²) in [6.07, 6.45) is 16.5. The van der Waals surface area contributed by atoms with E-state index in [0.29, 0.717) is 16.9 Å². The zero-order valence-electron chi connectivity index (χ0n) is 36.1. The van der Waals surface area contributed by atoms with Gasteiger partial charge in [-0.1, -0.05) is 124 Å². The Morgan fingerprint density at radius 2 is 1.65 bits per heavy atom. The van der Waals surface area contributed by atoms with Crippen LogP contribution in [0.4, 0.5) is 11.6 Å². The molecule has 2 fully saturated rings. The number of anilines is 2. The van der Waals surface area contributed by atoms with Crippen LogP contribution in [0.1, 0.15) is 128 Å². The normalized spacial score (nSPS) is 15.9. The van der Waals surface area contributed by atoms with E-state index >= 15 is 0 Å². The van der Waals surface area contributed by atoms with Crippen molar-refractivity contribution in [3.63, 3.8) is 0 Å². The van der Waals surface area contributed by atoms with Crippen molar-refractivity contribution >= 4 is 34.0 Å². The van der Waals surface area contributed by atoms with Crippen molar-refractivity contribution in [2.24, 2.45) is 16.8 Å². The number of benzene rings is 2. The Labute approximate surface area is 333 Å². The molecule has 0 radical (unpaired) electrons. The number of nitrogens with zero attached hydrogens (tertiary/aromatic N) is 2. The molecule has 302 valence electrons. The molecule has 7 nitrogen and oxygen atoms in total. The Balaban J connectivity index is 0.000000754. The van der Waals surface area contributed by atoms with Crippen LogP contribution in [-0.4, -0.2) is 37.7 Å². The van der Waals surface area contributed by atoms with Gasteiger partial charge in [-0.2, -0.15) is 0 Å². The minimum Gasteiger partial charge on any atom is -0.440 e. The number of aliphatic imine (C=N–C) groups is 1. The molecule has 1 unspecified atom stereocenters. The van der Waals surface area contributed by atoms with E-state index in [9.17, 15) is 9.59 Å². The number of Topliss-reactive ketones (excluding diaryl/α,β-unsaturated/α-hetero) is 1. The molecule has 1 saturated heterocycles. The fourth-order valence-electron chi connectivity index (χ4n) is 6.86. The number of hydrogen-bond acceptors (Lipinski definition) is 7. The molecule has 1 aliphatic carbocycles. The van der Waals surface area contributed by atoms with Crippen molar-refractivity contribution in [3.05, 3.63) is 93.9 Å². The van der Waals surface area contributed by atoms with E-state index in [1.54, 1.807) is 6.07 Å². The number of allylic oxidation sites excluding steroid dienone is 5. The lowest BCUT2D eigenvalue weighted by atomic mass is 9.96. The van der Waals surface area contributed by atoms with Crippen LogP contribution in [0, 0.1) is 11.8 Å². The lowest BCUT2D eigenvalue weighted by molar-refractivity contribution is -0.118. The van der Waals surface area contributed by atoms with Crippen LogP contribution in [0.2, 0.25) is 0 Å². The maximum atomic E-state index is 13.0. The van der Waals surface area contributed by atoms with Gasteiger partial charge in [0.2, 0.25) is 0 Å². The monoisotopic (exact) mass is 753 g/mol. The first-order chi connectivity index (χ1) is 26.7. The van der Waals surface area contributed by atoms with Gasteiger partial charge >= 0.3 is 0 Å². The molecule has 5 rings (SSSR count). The van der Waals surface area contributed by atoms with Crippen molar-refractivity contribution in [3.8, 4) is 11.1 Å². The highest BCUT2D eigenvalue weighted by Gasteiger charge is 2.18. The number of carbonyl (C=O) groups is 1. The number of para-hydroxylation sites is 1. The number of nitrogens with one attached hydrogen (secondary N) is 2. The fraction of sp³-hybridized carbons (Fsp3) is 0.521. The Kier molecular flexibility index (Phi) is 22.0. The lowest BCUT2D eigenvalue weighted by Gasteiger charge is -2.27. The third-order valence-corrected chi connectivity index (χ3v) is 10.0. The van der Waals surface area contributed by atoms with Crippen LogP contribution in [0.5, 0.6) is 0 Å². The van der Waals surface area contributed by atoms with E-state index < -0.39 is 0 Å². The summed E-state index contributed by atoms with van der Waals surface area (Å²) in [6, 6.07) is 15.4. The summed E-state index contributed by atoms with van der Waals surface area (Å²) in [4.78, 5) is 32.6. The van der Waals surface area contributed by atoms with E-state index in [0.717, 1.165) is 84.4 Å². The standard InChI is InChI=1S/C36H44N4O3.C8H16.2C2H6/c1-7-11-33(38-26(6)27(9-3)22-25(5)35(42)24(4)8-2)39-29-16-14-28(15-17-29)30-12-10-13-31-32(41)23-34(43-36(30)31)40-20-18-37-19-21-40;1-2-5-8-6-3-4-7-8;2*1-2/h9-17,22-24,37,39H,7-8,18-21H2,1-6H3;8H,2-7H2,1H3;2*1-2H3/b25-22+,27-9-,33-11-,38-26-;;;. The molecule has 7 heteroatoms. The number of rotatable bonds is 13. The third-order valence-electron chi connectivity index (χ3n) is 10.0. The SMILES string of the molecule is C/C=C(/C=C(\C)C(=O)C(C)CC)C(\C)=N/C(=C/CC)Nc1ccc(-c2cccc3c(=O)cc(N4CCNCC4)oc23)cc1.CC.CC.CCCC1CCCC1. The van der Waals surface area contributed by atoms with Gasteiger partial charge < -0.3 is 20.0 Å². The van der Waals surface area contributed by atoms with E-state index in [2.05, 4.69) is 29.4 Å². The van der Waals surface area contributed by atoms with Crippen molar-refractivity contribution in [2.45, 2.75) is 128 Å². The number of fused-ring (bicyclic) bond motifs is 1. The zero-order chi connectivity index (χ0) is 40.8. The third kappa shape index (κ3) is 14.4. The van der Waals surface area contributed by atoms with Gasteiger partial charge in [0.1, 0.15) is 11.4 Å². The summed E-state index contributed by atoms with van der Waals surface area (Å²) < 4.78 is 6.36. The summed E-state index contributed by atoms with van der Waals surface area (Å²) in [5.41, 5.74) is 5.79. The van der Waals surface area contributed by atoms with Gasteiger partial charge in [0, 0.05) is 55.1 Å². The van der Waals surface area contributed by atoms with E-state index in [-0.39, 0.29) is 17.1 Å². The Morgan fingerprint density at radius 3 is 2.24 bits per heavy atom. The van der Waals surface area contributed by atoms with Crippen molar-refractivity contribution in [1.82, 2.24) is 5.32 Å². The van der Waals surface area contributed by atoms with Gasteiger partial charge in [0.05, 0.1) is 5.39 Å². The minimum absolute atomic E-state index is 0.00552. The molecule has 0 amide bonds. The van der Waals surface area contributed by atoms with Gasteiger partial charge in [-0.05, 0) is 86.6 Å². The van der Waals surface area contributed by atoms with Gasteiger partial charge in [-0.15, -0.1) is 0 Å². The van der Waals surface area contributed by atoms with Crippen LogP contribution >= 0.6 is 0 Å². The highest BCUT2D eigenvalue weighted by Crippen LogP contribution is 2.31.